The first-order chi connectivity index (χ1) is 8.17. The molecule has 17 heavy (non-hydrogen) atoms. The second kappa shape index (κ2) is 7.72. The molecule has 0 aliphatic rings. The van der Waals surface area contributed by atoms with Crippen molar-refractivity contribution in [2.24, 2.45) is 5.73 Å². The lowest BCUT2D eigenvalue weighted by atomic mass is 10.0. The molecule has 1 unspecified atom stereocenters. The number of rotatable bonds is 7. The molecule has 0 bridgehead atoms. The van der Waals surface area contributed by atoms with E-state index in [9.17, 15) is 0 Å². The Bertz CT molecular complexity index is 341. The van der Waals surface area contributed by atoms with Gasteiger partial charge in [0.25, 0.3) is 0 Å². The third-order valence-electron chi connectivity index (χ3n) is 2.93. The van der Waals surface area contributed by atoms with Gasteiger partial charge in [-0.05, 0) is 49.4 Å². The first-order valence-corrected chi connectivity index (χ1v) is 7.04. The minimum atomic E-state index is 0.351. The van der Waals surface area contributed by atoms with Crippen molar-refractivity contribution in [3.8, 4) is 5.75 Å². The van der Waals surface area contributed by atoms with Crippen molar-refractivity contribution in [2.45, 2.75) is 45.1 Å². The van der Waals surface area contributed by atoms with E-state index in [-0.39, 0.29) is 0 Å². The smallest absolute Gasteiger partial charge is 0.119 e. The summed E-state index contributed by atoms with van der Waals surface area (Å²) in [7, 11) is 1.70. The Labute approximate surface area is 113 Å². The fourth-order valence-electron chi connectivity index (χ4n) is 1.94. The van der Waals surface area contributed by atoms with Gasteiger partial charge in [0.15, 0.2) is 0 Å². The average Bonchev–Trinajstić information content (AvgIpc) is 2.32. The Hall–Kier alpha value is -0.540. The first kappa shape index (κ1) is 14.5. The fraction of sp³-hybridized carbons (Fsp3) is 0.571. The predicted molar refractivity (Wildman–Crippen MR) is 76.5 cm³/mol. The van der Waals surface area contributed by atoms with Gasteiger partial charge in [-0.2, -0.15) is 0 Å². The van der Waals surface area contributed by atoms with Crippen LogP contribution < -0.4 is 10.5 Å². The highest BCUT2D eigenvalue weighted by Crippen LogP contribution is 2.24. The van der Waals surface area contributed by atoms with Crippen LogP contribution in [0.3, 0.4) is 0 Å². The van der Waals surface area contributed by atoms with E-state index >= 15 is 0 Å². The number of hydrogen-bond acceptors (Lipinski definition) is 2. The predicted octanol–water partition coefficient (Wildman–Crippen LogP) is 3.91. The molecular formula is C14H22BrNO. The average molecular weight is 300 g/mol. The van der Waals surface area contributed by atoms with Crippen LogP contribution >= 0.6 is 15.9 Å². The summed E-state index contributed by atoms with van der Waals surface area (Å²) >= 11 is 3.57. The van der Waals surface area contributed by atoms with Crippen molar-refractivity contribution in [3.63, 3.8) is 0 Å². The topological polar surface area (TPSA) is 35.2 Å². The normalized spacial score (nSPS) is 12.5. The highest BCUT2D eigenvalue weighted by atomic mass is 79.9. The van der Waals surface area contributed by atoms with Crippen LogP contribution in [0.1, 0.15) is 38.2 Å². The standard InChI is InChI=1S/C14H22BrNO/c1-3-5-12(16)7-4-6-11-10-13(17-2)8-9-14(11)15/h8-10,12H,3-7,16H2,1-2H3. The number of halogens is 1. The van der Waals surface area contributed by atoms with Crippen molar-refractivity contribution in [2.75, 3.05) is 7.11 Å². The molecular weight excluding hydrogens is 278 g/mol. The second-order valence-corrected chi connectivity index (χ2v) is 5.25. The van der Waals surface area contributed by atoms with E-state index in [0.29, 0.717) is 6.04 Å². The SMILES string of the molecule is CCCC(N)CCCc1cc(OC)ccc1Br. The zero-order valence-electron chi connectivity index (χ0n) is 10.7. The molecule has 1 rings (SSSR count). The van der Waals surface area contributed by atoms with Gasteiger partial charge >= 0.3 is 0 Å². The van der Waals surface area contributed by atoms with Crippen LogP contribution in [0.15, 0.2) is 22.7 Å². The maximum Gasteiger partial charge on any atom is 0.119 e. The summed E-state index contributed by atoms with van der Waals surface area (Å²) in [5.41, 5.74) is 7.31. The molecule has 96 valence electrons. The van der Waals surface area contributed by atoms with E-state index in [4.69, 9.17) is 10.5 Å². The van der Waals surface area contributed by atoms with Crippen molar-refractivity contribution >= 4 is 15.9 Å². The molecule has 0 saturated heterocycles. The van der Waals surface area contributed by atoms with E-state index in [1.54, 1.807) is 7.11 Å². The van der Waals surface area contributed by atoms with E-state index < -0.39 is 0 Å². The zero-order valence-corrected chi connectivity index (χ0v) is 12.3. The van der Waals surface area contributed by atoms with Gasteiger partial charge in [0.05, 0.1) is 7.11 Å². The minimum absolute atomic E-state index is 0.351. The summed E-state index contributed by atoms with van der Waals surface area (Å²) in [5, 5.41) is 0. The number of hydrogen-bond donors (Lipinski definition) is 1. The molecule has 0 aliphatic carbocycles. The molecule has 1 aromatic carbocycles. The summed E-state index contributed by atoms with van der Waals surface area (Å²) < 4.78 is 6.39. The lowest BCUT2D eigenvalue weighted by Crippen LogP contribution is -2.19. The summed E-state index contributed by atoms with van der Waals surface area (Å²) in [5.74, 6) is 0.918. The highest BCUT2D eigenvalue weighted by molar-refractivity contribution is 9.10. The molecule has 0 aliphatic heterocycles. The summed E-state index contributed by atoms with van der Waals surface area (Å²) in [6, 6.07) is 6.45. The van der Waals surface area contributed by atoms with E-state index in [1.807, 2.05) is 12.1 Å². The quantitative estimate of drug-likeness (QED) is 0.828. The molecule has 1 atom stereocenters. The van der Waals surface area contributed by atoms with Crippen molar-refractivity contribution in [1.82, 2.24) is 0 Å². The van der Waals surface area contributed by atoms with Crippen LogP contribution in [0.5, 0.6) is 5.75 Å². The summed E-state index contributed by atoms with van der Waals surface area (Å²) in [4.78, 5) is 0. The number of methoxy groups -OCH3 is 1. The van der Waals surface area contributed by atoms with Crippen molar-refractivity contribution in [1.29, 1.82) is 0 Å². The molecule has 2 nitrogen and oxygen atoms in total. The Morgan fingerprint density at radius 1 is 1.35 bits per heavy atom. The van der Waals surface area contributed by atoms with Crippen LogP contribution in [0, 0.1) is 0 Å². The molecule has 0 fully saturated rings. The van der Waals surface area contributed by atoms with E-state index in [2.05, 4.69) is 28.9 Å². The van der Waals surface area contributed by atoms with Gasteiger partial charge in [0.1, 0.15) is 5.75 Å². The van der Waals surface area contributed by atoms with Gasteiger partial charge in [0, 0.05) is 10.5 Å². The Morgan fingerprint density at radius 2 is 2.12 bits per heavy atom. The van der Waals surface area contributed by atoms with Crippen molar-refractivity contribution < 1.29 is 4.74 Å². The van der Waals surface area contributed by atoms with Gasteiger partial charge < -0.3 is 10.5 Å². The van der Waals surface area contributed by atoms with Gasteiger partial charge in [-0.3, -0.25) is 0 Å². The third-order valence-corrected chi connectivity index (χ3v) is 3.71. The van der Waals surface area contributed by atoms with E-state index in [0.717, 1.165) is 35.9 Å². The monoisotopic (exact) mass is 299 g/mol. The van der Waals surface area contributed by atoms with Crippen LogP contribution in [-0.4, -0.2) is 13.2 Å². The summed E-state index contributed by atoms with van der Waals surface area (Å²) in [6.45, 7) is 2.18. The van der Waals surface area contributed by atoms with Gasteiger partial charge in [-0.15, -0.1) is 0 Å². The second-order valence-electron chi connectivity index (χ2n) is 4.40. The van der Waals surface area contributed by atoms with E-state index in [1.165, 1.54) is 12.0 Å². The minimum Gasteiger partial charge on any atom is -0.497 e. The van der Waals surface area contributed by atoms with Crippen LogP contribution in [-0.2, 0) is 6.42 Å². The third kappa shape index (κ3) is 5.09. The largest absolute Gasteiger partial charge is 0.497 e. The van der Waals surface area contributed by atoms with Crippen LogP contribution in [0.2, 0.25) is 0 Å². The first-order valence-electron chi connectivity index (χ1n) is 6.25. The molecule has 0 radical (unpaired) electrons. The Balaban J connectivity index is 2.45. The molecule has 2 N–H and O–H groups in total. The lowest BCUT2D eigenvalue weighted by Gasteiger charge is -2.11. The van der Waals surface area contributed by atoms with Crippen LogP contribution in [0.25, 0.3) is 0 Å². The van der Waals surface area contributed by atoms with Crippen LogP contribution in [0.4, 0.5) is 0 Å². The Morgan fingerprint density at radius 3 is 2.76 bits per heavy atom. The molecule has 0 spiro atoms. The summed E-state index contributed by atoms with van der Waals surface area (Å²) in [6.07, 6.45) is 5.57. The van der Waals surface area contributed by atoms with Crippen molar-refractivity contribution in [3.05, 3.63) is 28.2 Å². The molecule has 3 heteroatoms. The van der Waals surface area contributed by atoms with Gasteiger partial charge in [-0.1, -0.05) is 29.3 Å². The number of benzene rings is 1. The lowest BCUT2D eigenvalue weighted by molar-refractivity contribution is 0.414. The molecule has 0 heterocycles. The number of ether oxygens (including phenoxy) is 1. The molecule has 0 saturated carbocycles. The maximum atomic E-state index is 6.01. The van der Waals surface area contributed by atoms with Gasteiger partial charge in [0.2, 0.25) is 0 Å². The molecule has 1 aromatic rings. The molecule has 0 amide bonds. The maximum absolute atomic E-state index is 6.01. The Kier molecular flexibility index (Phi) is 6.60. The number of nitrogens with two attached hydrogens (primary N) is 1. The highest BCUT2D eigenvalue weighted by Gasteiger charge is 2.05. The fourth-order valence-corrected chi connectivity index (χ4v) is 2.38. The zero-order chi connectivity index (χ0) is 12.7. The number of aryl methyl sites for hydroxylation is 1. The molecule has 0 aromatic heterocycles. The van der Waals surface area contributed by atoms with Gasteiger partial charge in [-0.25, -0.2) is 0 Å².